The van der Waals surface area contributed by atoms with Crippen LogP contribution in [0.5, 0.6) is 0 Å². The summed E-state index contributed by atoms with van der Waals surface area (Å²) < 4.78 is 0. The average molecular weight is 309 g/mol. The van der Waals surface area contributed by atoms with Gasteiger partial charge in [0.1, 0.15) is 0 Å². The summed E-state index contributed by atoms with van der Waals surface area (Å²) in [6, 6.07) is 0.775. The number of hydrogen-bond donors (Lipinski definition) is 1. The Kier molecular flexibility index (Phi) is 7.16. The predicted molar refractivity (Wildman–Crippen MR) is 91.9 cm³/mol. The van der Waals surface area contributed by atoms with Gasteiger partial charge >= 0.3 is 0 Å². The lowest BCUT2D eigenvalue weighted by Gasteiger charge is -2.42. The highest BCUT2D eigenvalue weighted by Crippen LogP contribution is 2.32. The van der Waals surface area contributed by atoms with Crippen LogP contribution >= 0.6 is 0 Å². The summed E-state index contributed by atoms with van der Waals surface area (Å²) in [4.78, 5) is 16.9. The van der Waals surface area contributed by atoms with Crippen molar-refractivity contribution in [2.24, 2.45) is 11.8 Å². The van der Waals surface area contributed by atoms with Gasteiger partial charge in [0.15, 0.2) is 0 Å². The number of rotatable bonds is 6. The fourth-order valence-corrected chi connectivity index (χ4v) is 4.04. The van der Waals surface area contributed by atoms with Gasteiger partial charge in [0, 0.05) is 38.6 Å². The largest absolute Gasteiger partial charge is 0.340 e. The van der Waals surface area contributed by atoms with Crippen molar-refractivity contribution in [3.05, 3.63) is 0 Å². The van der Waals surface area contributed by atoms with E-state index in [9.17, 15) is 4.79 Å². The Labute approximate surface area is 136 Å². The molecule has 0 aromatic carbocycles. The normalized spacial score (nSPS) is 27.4. The molecule has 0 bridgehead atoms. The van der Waals surface area contributed by atoms with E-state index in [2.05, 4.69) is 29.0 Å². The quantitative estimate of drug-likeness (QED) is 0.765. The van der Waals surface area contributed by atoms with Gasteiger partial charge in [0.2, 0.25) is 5.91 Å². The molecule has 128 valence electrons. The van der Waals surface area contributed by atoms with Crippen molar-refractivity contribution < 1.29 is 4.79 Å². The fourth-order valence-electron chi connectivity index (χ4n) is 4.04. The van der Waals surface area contributed by atoms with Gasteiger partial charge in [0.25, 0.3) is 0 Å². The molecule has 4 nitrogen and oxygen atoms in total. The Morgan fingerprint density at radius 1 is 1.09 bits per heavy atom. The lowest BCUT2D eigenvalue weighted by atomic mass is 9.79. The molecule has 0 aromatic rings. The van der Waals surface area contributed by atoms with Crippen LogP contribution in [0, 0.1) is 11.8 Å². The van der Waals surface area contributed by atoms with E-state index in [4.69, 9.17) is 0 Å². The van der Waals surface area contributed by atoms with E-state index in [1.807, 2.05) is 7.05 Å². The first-order valence-electron chi connectivity index (χ1n) is 9.28. The zero-order valence-electron chi connectivity index (χ0n) is 14.8. The predicted octanol–water partition coefficient (Wildman–Crippen LogP) is 2.34. The summed E-state index contributed by atoms with van der Waals surface area (Å²) >= 11 is 0. The van der Waals surface area contributed by atoms with Crippen LogP contribution in [0.3, 0.4) is 0 Å². The van der Waals surface area contributed by atoms with Crippen LogP contribution < -0.4 is 5.32 Å². The molecule has 0 unspecified atom stereocenters. The molecule has 1 aliphatic carbocycles. The average Bonchev–Trinajstić information content (AvgIpc) is 2.55. The third-order valence-corrected chi connectivity index (χ3v) is 5.68. The van der Waals surface area contributed by atoms with Crippen molar-refractivity contribution in [1.82, 2.24) is 15.1 Å². The zero-order valence-corrected chi connectivity index (χ0v) is 14.8. The molecule has 1 saturated heterocycles. The molecule has 2 aliphatic rings. The van der Waals surface area contributed by atoms with Gasteiger partial charge in [-0.3, -0.25) is 9.69 Å². The van der Waals surface area contributed by atoms with Crippen LogP contribution in [-0.4, -0.2) is 61.5 Å². The second-order valence-corrected chi connectivity index (χ2v) is 7.44. The second kappa shape index (κ2) is 8.88. The number of carbonyl (C=O) groups is 1. The third kappa shape index (κ3) is 4.95. The van der Waals surface area contributed by atoms with Crippen LogP contribution in [0.4, 0.5) is 0 Å². The maximum Gasteiger partial charge on any atom is 0.222 e. The molecule has 0 radical (unpaired) electrons. The summed E-state index contributed by atoms with van der Waals surface area (Å²) in [7, 11) is 1.94. The van der Waals surface area contributed by atoms with E-state index < -0.39 is 0 Å². The number of amides is 1. The Morgan fingerprint density at radius 3 is 2.27 bits per heavy atom. The Hall–Kier alpha value is -0.610. The van der Waals surface area contributed by atoms with Crippen molar-refractivity contribution in [2.75, 3.05) is 39.8 Å². The number of piperazine rings is 1. The molecular weight excluding hydrogens is 274 g/mol. The van der Waals surface area contributed by atoms with Gasteiger partial charge in [-0.2, -0.15) is 0 Å². The van der Waals surface area contributed by atoms with Gasteiger partial charge in [0.05, 0.1) is 0 Å². The Balaban J connectivity index is 1.68. The number of carbonyl (C=O) groups excluding carboxylic acids is 1. The van der Waals surface area contributed by atoms with Crippen LogP contribution in [0.25, 0.3) is 0 Å². The first-order valence-corrected chi connectivity index (χ1v) is 9.28. The summed E-state index contributed by atoms with van der Waals surface area (Å²) in [5.41, 5.74) is 0. The molecule has 22 heavy (non-hydrogen) atoms. The summed E-state index contributed by atoms with van der Waals surface area (Å²) in [6.07, 6.45) is 7.16. The number of nitrogens with zero attached hydrogens (tertiary/aromatic N) is 2. The first kappa shape index (κ1) is 17.7. The van der Waals surface area contributed by atoms with E-state index in [1.54, 1.807) is 0 Å². The minimum atomic E-state index is 0.346. The third-order valence-electron chi connectivity index (χ3n) is 5.68. The summed E-state index contributed by atoms with van der Waals surface area (Å²) in [6.45, 7) is 9.69. The molecule has 1 heterocycles. The molecule has 2 rings (SSSR count). The minimum Gasteiger partial charge on any atom is -0.340 e. The molecular formula is C18H35N3O. The van der Waals surface area contributed by atoms with Crippen molar-refractivity contribution in [1.29, 1.82) is 0 Å². The Bertz CT molecular complexity index is 329. The van der Waals surface area contributed by atoms with Crippen molar-refractivity contribution in [2.45, 2.75) is 58.4 Å². The number of hydrogen-bond acceptors (Lipinski definition) is 3. The summed E-state index contributed by atoms with van der Waals surface area (Å²) in [5.74, 6) is 2.12. The second-order valence-electron chi connectivity index (χ2n) is 7.44. The molecule has 0 aromatic heterocycles. The molecule has 0 atom stereocenters. The van der Waals surface area contributed by atoms with Crippen LogP contribution in [-0.2, 0) is 4.79 Å². The molecule has 1 amide bonds. The highest BCUT2D eigenvalue weighted by Gasteiger charge is 2.30. The van der Waals surface area contributed by atoms with Gasteiger partial charge in [-0.1, -0.05) is 13.8 Å². The molecule has 1 saturated carbocycles. The summed E-state index contributed by atoms with van der Waals surface area (Å²) in [5, 5.41) is 3.11. The smallest absolute Gasteiger partial charge is 0.222 e. The SMILES string of the molecule is CNCCCC(=O)N1CCN(C2CCC(C(C)C)CC2)CC1. The number of nitrogens with one attached hydrogen (secondary N) is 1. The van der Waals surface area contributed by atoms with Crippen molar-refractivity contribution >= 4 is 5.91 Å². The van der Waals surface area contributed by atoms with E-state index in [0.717, 1.165) is 57.0 Å². The minimum absolute atomic E-state index is 0.346. The monoisotopic (exact) mass is 309 g/mol. The van der Waals surface area contributed by atoms with Gasteiger partial charge in [-0.25, -0.2) is 0 Å². The molecule has 1 aliphatic heterocycles. The van der Waals surface area contributed by atoms with Gasteiger partial charge < -0.3 is 10.2 Å². The van der Waals surface area contributed by atoms with Crippen molar-refractivity contribution in [3.63, 3.8) is 0 Å². The molecule has 2 fully saturated rings. The van der Waals surface area contributed by atoms with Gasteiger partial charge in [-0.05, 0) is 57.5 Å². The standard InChI is InChI=1S/C18H35N3O/c1-15(2)16-6-8-17(9-7-16)20-11-13-21(14-12-20)18(22)5-4-10-19-3/h15-17,19H,4-14H2,1-3H3. The lowest BCUT2D eigenvalue weighted by Crippen LogP contribution is -2.52. The highest BCUT2D eigenvalue weighted by molar-refractivity contribution is 5.76. The van der Waals surface area contributed by atoms with Gasteiger partial charge in [-0.15, -0.1) is 0 Å². The molecule has 1 N–H and O–H groups in total. The topological polar surface area (TPSA) is 35.6 Å². The molecule has 4 heteroatoms. The van der Waals surface area contributed by atoms with Crippen molar-refractivity contribution in [3.8, 4) is 0 Å². The van der Waals surface area contributed by atoms with Crippen LogP contribution in [0.2, 0.25) is 0 Å². The van der Waals surface area contributed by atoms with E-state index in [0.29, 0.717) is 12.3 Å². The highest BCUT2D eigenvalue weighted by atomic mass is 16.2. The van der Waals surface area contributed by atoms with Crippen LogP contribution in [0.1, 0.15) is 52.4 Å². The van der Waals surface area contributed by atoms with Crippen LogP contribution in [0.15, 0.2) is 0 Å². The fraction of sp³-hybridized carbons (Fsp3) is 0.944. The molecule has 0 spiro atoms. The van der Waals surface area contributed by atoms with E-state index >= 15 is 0 Å². The van der Waals surface area contributed by atoms with E-state index in [1.165, 1.54) is 25.7 Å². The first-order chi connectivity index (χ1) is 10.6. The lowest BCUT2D eigenvalue weighted by molar-refractivity contribution is -0.133. The Morgan fingerprint density at radius 2 is 1.73 bits per heavy atom. The maximum absolute atomic E-state index is 12.2. The zero-order chi connectivity index (χ0) is 15.9. The maximum atomic E-state index is 12.2. The van der Waals surface area contributed by atoms with E-state index in [-0.39, 0.29) is 0 Å².